The molecular weight excluding hydrogens is 312 g/mol. The molecule has 0 bridgehead atoms. The minimum atomic E-state index is -0.313. The van der Waals surface area contributed by atoms with E-state index in [4.69, 9.17) is 21.7 Å². The van der Waals surface area contributed by atoms with Gasteiger partial charge in [-0.2, -0.15) is 0 Å². The molecule has 0 aliphatic carbocycles. The number of carbonyl (C=O) groups excluding carboxylic acids is 1. The number of nitrogens with zero attached hydrogens (tertiary/aromatic N) is 2. The van der Waals surface area contributed by atoms with Gasteiger partial charge in [-0.3, -0.25) is 0 Å². The Hall–Kier alpha value is -2.08. The zero-order valence-electron chi connectivity index (χ0n) is 14.1. The van der Waals surface area contributed by atoms with Crippen molar-refractivity contribution in [2.45, 2.75) is 19.9 Å². The first kappa shape index (κ1) is 17.3. The predicted octanol–water partition coefficient (Wildman–Crippen LogP) is 2.74. The van der Waals surface area contributed by atoms with Crippen molar-refractivity contribution in [2.75, 3.05) is 27.8 Å². The van der Waals surface area contributed by atoms with Gasteiger partial charge in [-0.1, -0.05) is 12.1 Å². The molecule has 0 aromatic heterocycles. The average Bonchev–Trinajstić information content (AvgIpc) is 2.56. The van der Waals surface area contributed by atoms with E-state index in [2.05, 4.69) is 0 Å². The van der Waals surface area contributed by atoms with Crippen LogP contribution in [0.1, 0.15) is 25.5 Å². The van der Waals surface area contributed by atoms with Crippen LogP contribution in [0.3, 0.4) is 0 Å². The minimum absolute atomic E-state index is 0.274. The van der Waals surface area contributed by atoms with E-state index in [0.717, 1.165) is 17.0 Å². The van der Waals surface area contributed by atoms with Crippen LogP contribution in [0.4, 0.5) is 0 Å². The Bertz CT molecular complexity index is 640. The Morgan fingerprint density at radius 1 is 1.26 bits per heavy atom. The Kier molecular flexibility index (Phi) is 5.26. The summed E-state index contributed by atoms with van der Waals surface area (Å²) in [5.74, 6) is 0.456. The molecule has 1 aliphatic heterocycles. The van der Waals surface area contributed by atoms with Gasteiger partial charge in [-0.05, 0) is 43.8 Å². The lowest BCUT2D eigenvalue weighted by Gasteiger charge is -2.41. The van der Waals surface area contributed by atoms with Gasteiger partial charge in [0, 0.05) is 19.8 Å². The van der Waals surface area contributed by atoms with Crippen LogP contribution in [0.25, 0.3) is 0 Å². The van der Waals surface area contributed by atoms with E-state index in [9.17, 15) is 4.79 Å². The van der Waals surface area contributed by atoms with Crippen molar-refractivity contribution in [3.05, 3.63) is 41.1 Å². The van der Waals surface area contributed by atoms with E-state index in [1.807, 2.05) is 55.1 Å². The average molecular weight is 334 g/mol. The number of methoxy groups -OCH3 is 1. The van der Waals surface area contributed by atoms with Crippen LogP contribution in [-0.4, -0.2) is 48.7 Å². The Morgan fingerprint density at radius 2 is 1.87 bits per heavy atom. The van der Waals surface area contributed by atoms with Gasteiger partial charge in [-0.15, -0.1) is 0 Å². The molecule has 1 aliphatic rings. The fourth-order valence-corrected chi connectivity index (χ4v) is 2.95. The van der Waals surface area contributed by atoms with Crippen molar-refractivity contribution < 1.29 is 14.3 Å². The number of thiocarbonyl (C=S) groups is 1. The summed E-state index contributed by atoms with van der Waals surface area (Å²) < 4.78 is 10.5. The van der Waals surface area contributed by atoms with Gasteiger partial charge in [-0.25, -0.2) is 4.79 Å². The molecular formula is C17H22N2O3S. The lowest BCUT2D eigenvalue weighted by molar-refractivity contribution is -0.139. The number of allylic oxidation sites excluding steroid dienone is 1. The molecule has 23 heavy (non-hydrogen) atoms. The molecule has 5 nitrogen and oxygen atoms in total. The number of benzene rings is 1. The van der Waals surface area contributed by atoms with Crippen LogP contribution in [0.2, 0.25) is 0 Å². The number of ether oxygens (including phenoxy) is 2. The summed E-state index contributed by atoms with van der Waals surface area (Å²) in [5.41, 5.74) is 2.38. The van der Waals surface area contributed by atoms with Gasteiger partial charge in [0.2, 0.25) is 0 Å². The smallest absolute Gasteiger partial charge is 0.338 e. The summed E-state index contributed by atoms with van der Waals surface area (Å²) in [4.78, 5) is 16.3. The summed E-state index contributed by atoms with van der Waals surface area (Å²) in [6, 6.07) is 7.37. The first-order valence-corrected chi connectivity index (χ1v) is 7.85. The van der Waals surface area contributed by atoms with Gasteiger partial charge in [0.15, 0.2) is 5.11 Å². The monoisotopic (exact) mass is 334 g/mol. The second-order valence-corrected chi connectivity index (χ2v) is 5.71. The third-order valence-corrected chi connectivity index (χ3v) is 4.63. The van der Waals surface area contributed by atoms with Crippen molar-refractivity contribution in [1.82, 2.24) is 9.80 Å². The highest BCUT2D eigenvalue weighted by Crippen LogP contribution is 2.36. The first-order chi connectivity index (χ1) is 10.9. The molecule has 0 N–H and O–H groups in total. The molecule has 0 radical (unpaired) electrons. The van der Waals surface area contributed by atoms with E-state index in [-0.39, 0.29) is 12.0 Å². The molecule has 0 saturated heterocycles. The van der Waals surface area contributed by atoms with Crippen LogP contribution in [-0.2, 0) is 9.53 Å². The third-order valence-electron chi connectivity index (χ3n) is 4.07. The van der Waals surface area contributed by atoms with Crippen molar-refractivity contribution >= 4 is 23.3 Å². The van der Waals surface area contributed by atoms with Crippen LogP contribution in [0.5, 0.6) is 5.75 Å². The summed E-state index contributed by atoms with van der Waals surface area (Å²) >= 11 is 5.50. The normalized spacial score (nSPS) is 18.3. The standard InChI is InChI=1S/C17H22N2O3S/c1-6-22-16(20)14-11(2)18(3)17(23)19(4)15(14)12-7-9-13(21-5)10-8-12/h7-10,15H,6H2,1-5H3/t15-/m0/s1. The maximum Gasteiger partial charge on any atom is 0.338 e. The maximum absolute atomic E-state index is 12.5. The summed E-state index contributed by atoms with van der Waals surface area (Å²) in [6.45, 7) is 4.03. The largest absolute Gasteiger partial charge is 0.497 e. The molecule has 1 aromatic rings. The zero-order valence-corrected chi connectivity index (χ0v) is 14.9. The van der Waals surface area contributed by atoms with Crippen molar-refractivity contribution in [1.29, 1.82) is 0 Å². The van der Waals surface area contributed by atoms with Gasteiger partial charge >= 0.3 is 5.97 Å². The van der Waals surface area contributed by atoms with E-state index in [0.29, 0.717) is 17.3 Å². The third kappa shape index (κ3) is 3.17. The molecule has 0 spiro atoms. The second-order valence-electron chi connectivity index (χ2n) is 5.35. The number of hydrogen-bond donors (Lipinski definition) is 0. The van der Waals surface area contributed by atoms with E-state index in [1.165, 1.54) is 0 Å². The molecule has 0 unspecified atom stereocenters. The quantitative estimate of drug-likeness (QED) is 0.623. The van der Waals surface area contributed by atoms with Gasteiger partial charge < -0.3 is 19.3 Å². The van der Waals surface area contributed by atoms with E-state index in [1.54, 1.807) is 14.0 Å². The second kappa shape index (κ2) is 7.00. The highest BCUT2D eigenvalue weighted by Gasteiger charge is 2.37. The van der Waals surface area contributed by atoms with Crippen molar-refractivity contribution in [3.63, 3.8) is 0 Å². The van der Waals surface area contributed by atoms with Crippen molar-refractivity contribution in [3.8, 4) is 5.75 Å². The van der Waals surface area contributed by atoms with Gasteiger partial charge in [0.05, 0.1) is 25.3 Å². The zero-order chi connectivity index (χ0) is 17.1. The number of hydrogen-bond acceptors (Lipinski definition) is 4. The lowest BCUT2D eigenvalue weighted by atomic mass is 9.94. The molecule has 1 atom stereocenters. The Balaban J connectivity index is 2.54. The number of esters is 1. The molecule has 1 heterocycles. The Morgan fingerprint density at radius 3 is 2.39 bits per heavy atom. The topological polar surface area (TPSA) is 42.0 Å². The molecule has 0 fully saturated rings. The van der Waals surface area contributed by atoms with Crippen LogP contribution in [0.15, 0.2) is 35.5 Å². The number of likely N-dealkylation sites (N-methyl/N-ethyl adjacent to an activating group) is 1. The maximum atomic E-state index is 12.5. The lowest BCUT2D eigenvalue weighted by Crippen LogP contribution is -2.47. The van der Waals surface area contributed by atoms with E-state index >= 15 is 0 Å². The number of rotatable bonds is 4. The highest BCUT2D eigenvalue weighted by atomic mass is 32.1. The van der Waals surface area contributed by atoms with Gasteiger partial charge in [0.25, 0.3) is 0 Å². The molecule has 0 amide bonds. The van der Waals surface area contributed by atoms with Crippen LogP contribution in [0, 0.1) is 0 Å². The summed E-state index contributed by atoms with van der Waals surface area (Å²) in [6.07, 6.45) is 0. The summed E-state index contributed by atoms with van der Waals surface area (Å²) in [7, 11) is 5.37. The predicted molar refractivity (Wildman–Crippen MR) is 93.2 cm³/mol. The summed E-state index contributed by atoms with van der Waals surface area (Å²) in [5, 5.41) is 0.663. The highest BCUT2D eigenvalue weighted by molar-refractivity contribution is 7.80. The molecule has 1 aromatic carbocycles. The molecule has 6 heteroatoms. The van der Waals surface area contributed by atoms with Crippen LogP contribution >= 0.6 is 12.2 Å². The Labute approximate surface area is 142 Å². The van der Waals surface area contributed by atoms with Gasteiger partial charge in [0.1, 0.15) is 5.75 Å². The molecule has 2 rings (SSSR count). The minimum Gasteiger partial charge on any atom is -0.497 e. The fourth-order valence-electron chi connectivity index (χ4n) is 2.71. The van der Waals surface area contributed by atoms with E-state index < -0.39 is 0 Å². The van der Waals surface area contributed by atoms with Crippen molar-refractivity contribution in [2.24, 2.45) is 0 Å². The number of carbonyl (C=O) groups is 1. The molecule has 0 saturated carbocycles. The SMILES string of the molecule is CCOC(=O)C1=C(C)N(C)C(=S)N(C)[C@H]1c1ccc(OC)cc1. The fraction of sp³-hybridized carbons (Fsp3) is 0.412. The van der Waals surface area contributed by atoms with Crippen LogP contribution < -0.4 is 4.74 Å². The molecule has 124 valence electrons. The first-order valence-electron chi connectivity index (χ1n) is 7.44.